The topological polar surface area (TPSA) is 88.2 Å². The van der Waals surface area contributed by atoms with Crippen LogP contribution in [0.25, 0.3) is 0 Å². The highest BCUT2D eigenvalue weighted by atomic mass is 16.3. The number of hydrogen-bond donors (Lipinski definition) is 3. The van der Waals surface area contributed by atoms with Crippen LogP contribution in [0.5, 0.6) is 5.75 Å². The fraction of sp³-hybridized carbons (Fsp3) is 0.250. The third-order valence-corrected chi connectivity index (χ3v) is 3.08. The van der Waals surface area contributed by atoms with Gasteiger partial charge in [-0.05, 0) is 55.7 Å². The summed E-state index contributed by atoms with van der Waals surface area (Å²) in [5.41, 5.74) is 8.68. The molecule has 5 heteroatoms. The highest BCUT2D eigenvalue weighted by molar-refractivity contribution is 5.94. The average molecular weight is 285 g/mol. The van der Waals surface area contributed by atoms with E-state index in [0.29, 0.717) is 12.2 Å². The van der Waals surface area contributed by atoms with E-state index < -0.39 is 6.04 Å². The maximum atomic E-state index is 12.1. The lowest BCUT2D eigenvalue weighted by Gasteiger charge is -2.12. The molecule has 1 aromatic heterocycles. The molecule has 1 atom stereocenters. The summed E-state index contributed by atoms with van der Waals surface area (Å²) in [6.07, 6.45) is 0.400. The fourth-order valence-electron chi connectivity index (χ4n) is 2.10. The number of nitrogens with one attached hydrogen (secondary N) is 1. The molecule has 0 unspecified atom stereocenters. The Labute approximate surface area is 123 Å². The number of benzene rings is 1. The molecule has 1 amide bonds. The SMILES string of the molecule is Cc1cc(C)nc(NC(=O)[C@@H](N)Cc2ccc(O)cc2)c1. The number of aromatic nitrogens is 1. The van der Waals surface area contributed by atoms with Crippen molar-refractivity contribution in [2.75, 3.05) is 5.32 Å². The van der Waals surface area contributed by atoms with Gasteiger partial charge >= 0.3 is 0 Å². The average Bonchev–Trinajstić information content (AvgIpc) is 2.40. The third-order valence-electron chi connectivity index (χ3n) is 3.08. The van der Waals surface area contributed by atoms with E-state index in [9.17, 15) is 9.90 Å². The van der Waals surface area contributed by atoms with E-state index in [4.69, 9.17) is 5.73 Å². The van der Waals surface area contributed by atoms with Crippen molar-refractivity contribution in [2.45, 2.75) is 26.3 Å². The summed E-state index contributed by atoms with van der Waals surface area (Å²) in [7, 11) is 0. The smallest absolute Gasteiger partial charge is 0.242 e. The number of rotatable bonds is 4. The van der Waals surface area contributed by atoms with Crippen LogP contribution in [0.1, 0.15) is 16.8 Å². The molecule has 0 spiro atoms. The second-order valence-electron chi connectivity index (χ2n) is 5.14. The van der Waals surface area contributed by atoms with E-state index in [0.717, 1.165) is 16.8 Å². The molecular formula is C16H19N3O2. The van der Waals surface area contributed by atoms with E-state index in [1.807, 2.05) is 19.9 Å². The van der Waals surface area contributed by atoms with Crippen LogP contribution in [-0.2, 0) is 11.2 Å². The standard InChI is InChI=1S/C16H19N3O2/c1-10-7-11(2)18-15(8-10)19-16(21)14(17)9-12-3-5-13(20)6-4-12/h3-8,14,20H,9,17H2,1-2H3,(H,18,19,21)/t14-/m0/s1. The Kier molecular flexibility index (Phi) is 4.55. The van der Waals surface area contributed by atoms with Crippen LogP contribution in [0.4, 0.5) is 5.82 Å². The van der Waals surface area contributed by atoms with Crippen molar-refractivity contribution in [3.8, 4) is 5.75 Å². The van der Waals surface area contributed by atoms with Crippen LogP contribution >= 0.6 is 0 Å². The second kappa shape index (κ2) is 6.37. The number of aromatic hydroxyl groups is 1. The molecule has 21 heavy (non-hydrogen) atoms. The van der Waals surface area contributed by atoms with Crippen molar-refractivity contribution >= 4 is 11.7 Å². The zero-order valence-corrected chi connectivity index (χ0v) is 12.1. The van der Waals surface area contributed by atoms with Gasteiger partial charge in [0, 0.05) is 5.69 Å². The van der Waals surface area contributed by atoms with Gasteiger partial charge in [-0.1, -0.05) is 12.1 Å². The maximum absolute atomic E-state index is 12.1. The number of carbonyl (C=O) groups excluding carboxylic acids is 1. The van der Waals surface area contributed by atoms with Gasteiger partial charge in [0.25, 0.3) is 0 Å². The summed E-state index contributed by atoms with van der Waals surface area (Å²) in [4.78, 5) is 16.3. The van der Waals surface area contributed by atoms with E-state index in [1.165, 1.54) is 0 Å². The Balaban J connectivity index is 2.00. The molecule has 4 N–H and O–H groups in total. The number of aryl methyl sites for hydroxylation is 2. The van der Waals surface area contributed by atoms with Crippen molar-refractivity contribution in [1.29, 1.82) is 0 Å². The van der Waals surface area contributed by atoms with E-state index in [1.54, 1.807) is 30.3 Å². The van der Waals surface area contributed by atoms with Gasteiger partial charge in [-0.3, -0.25) is 4.79 Å². The van der Waals surface area contributed by atoms with Crippen LogP contribution in [0.15, 0.2) is 36.4 Å². The summed E-state index contributed by atoms with van der Waals surface area (Å²) in [6, 6.07) is 9.72. The molecule has 2 rings (SSSR count). The van der Waals surface area contributed by atoms with Gasteiger partial charge < -0.3 is 16.2 Å². The highest BCUT2D eigenvalue weighted by Crippen LogP contribution is 2.12. The van der Waals surface area contributed by atoms with Crippen LogP contribution in [0.2, 0.25) is 0 Å². The zero-order chi connectivity index (χ0) is 15.4. The molecule has 0 fully saturated rings. The maximum Gasteiger partial charge on any atom is 0.242 e. The first-order valence-corrected chi connectivity index (χ1v) is 6.73. The monoisotopic (exact) mass is 285 g/mol. The number of nitrogens with two attached hydrogens (primary N) is 1. The highest BCUT2D eigenvalue weighted by Gasteiger charge is 2.15. The minimum atomic E-state index is -0.669. The minimum Gasteiger partial charge on any atom is -0.508 e. The molecule has 110 valence electrons. The zero-order valence-electron chi connectivity index (χ0n) is 12.1. The van der Waals surface area contributed by atoms with Gasteiger partial charge in [-0.15, -0.1) is 0 Å². The number of hydrogen-bond acceptors (Lipinski definition) is 4. The largest absolute Gasteiger partial charge is 0.508 e. The summed E-state index contributed by atoms with van der Waals surface area (Å²) >= 11 is 0. The Morgan fingerprint density at radius 1 is 1.29 bits per heavy atom. The van der Waals surface area contributed by atoms with E-state index >= 15 is 0 Å². The summed E-state index contributed by atoms with van der Waals surface area (Å²) in [5, 5.41) is 12.0. The molecule has 0 bridgehead atoms. The van der Waals surface area contributed by atoms with Crippen molar-refractivity contribution in [3.63, 3.8) is 0 Å². The molecule has 0 aliphatic carbocycles. The first kappa shape index (κ1) is 15.0. The van der Waals surface area contributed by atoms with Crippen LogP contribution in [-0.4, -0.2) is 22.0 Å². The molecule has 2 aromatic rings. The van der Waals surface area contributed by atoms with Crippen LogP contribution < -0.4 is 11.1 Å². The number of anilines is 1. The van der Waals surface area contributed by atoms with Gasteiger partial charge in [0.15, 0.2) is 0 Å². The van der Waals surface area contributed by atoms with Gasteiger partial charge in [-0.25, -0.2) is 4.98 Å². The second-order valence-corrected chi connectivity index (χ2v) is 5.14. The number of phenols is 1. The van der Waals surface area contributed by atoms with Crippen molar-refractivity contribution in [3.05, 3.63) is 53.2 Å². The van der Waals surface area contributed by atoms with Gasteiger partial charge in [0.2, 0.25) is 5.91 Å². The number of nitrogens with zero attached hydrogens (tertiary/aromatic N) is 1. The molecule has 0 saturated heterocycles. The number of amides is 1. The predicted molar refractivity (Wildman–Crippen MR) is 82.1 cm³/mol. The normalized spacial score (nSPS) is 12.0. The first-order chi connectivity index (χ1) is 9.94. The summed E-state index contributed by atoms with van der Waals surface area (Å²) in [6.45, 7) is 3.82. The fourth-order valence-corrected chi connectivity index (χ4v) is 2.10. The quantitative estimate of drug-likeness (QED) is 0.800. The van der Waals surface area contributed by atoms with E-state index in [2.05, 4.69) is 10.3 Å². The Hall–Kier alpha value is -2.40. The van der Waals surface area contributed by atoms with Gasteiger partial charge in [-0.2, -0.15) is 0 Å². The molecular weight excluding hydrogens is 266 g/mol. The Morgan fingerprint density at radius 3 is 2.57 bits per heavy atom. The molecule has 0 radical (unpaired) electrons. The Morgan fingerprint density at radius 2 is 1.95 bits per heavy atom. The summed E-state index contributed by atoms with van der Waals surface area (Å²) in [5.74, 6) is 0.426. The molecule has 0 aliphatic rings. The van der Waals surface area contributed by atoms with Crippen LogP contribution in [0.3, 0.4) is 0 Å². The summed E-state index contributed by atoms with van der Waals surface area (Å²) < 4.78 is 0. The lowest BCUT2D eigenvalue weighted by atomic mass is 10.1. The number of pyridine rings is 1. The lowest BCUT2D eigenvalue weighted by Crippen LogP contribution is -2.37. The molecule has 5 nitrogen and oxygen atoms in total. The third kappa shape index (κ3) is 4.29. The predicted octanol–water partition coefficient (Wildman–Crippen LogP) is 1.91. The molecule has 0 aliphatic heterocycles. The molecule has 1 aromatic carbocycles. The Bertz CT molecular complexity index is 618. The number of carbonyl (C=O) groups is 1. The van der Waals surface area contributed by atoms with E-state index in [-0.39, 0.29) is 11.7 Å². The lowest BCUT2D eigenvalue weighted by molar-refractivity contribution is -0.117. The first-order valence-electron chi connectivity index (χ1n) is 6.73. The molecule has 0 saturated carbocycles. The van der Waals surface area contributed by atoms with Crippen molar-refractivity contribution in [1.82, 2.24) is 4.98 Å². The van der Waals surface area contributed by atoms with Gasteiger partial charge in [0.05, 0.1) is 6.04 Å². The molecule has 1 heterocycles. The van der Waals surface area contributed by atoms with Gasteiger partial charge in [0.1, 0.15) is 11.6 Å². The van der Waals surface area contributed by atoms with Crippen LogP contribution in [0, 0.1) is 13.8 Å². The number of phenolic OH excluding ortho intramolecular Hbond substituents is 1. The minimum absolute atomic E-state index is 0.191. The van der Waals surface area contributed by atoms with Crippen molar-refractivity contribution in [2.24, 2.45) is 5.73 Å². The van der Waals surface area contributed by atoms with Crippen molar-refractivity contribution < 1.29 is 9.90 Å².